The van der Waals surface area contributed by atoms with Crippen molar-refractivity contribution in [1.82, 2.24) is 15.3 Å². The Balaban J connectivity index is 1.25. The highest BCUT2D eigenvalue weighted by atomic mass is 16.5. The van der Waals surface area contributed by atoms with Crippen molar-refractivity contribution in [2.45, 2.75) is 44.2 Å². The number of benzene rings is 1. The number of nitrogens with one attached hydrogen (secondary N) is 1. The van der Waals surface area contributed by atoms with E-state index in [4.69, 9.17) is 10.00 Å². The molecule has 1 amide bonds. The number of rotatable bonds is 7. The van der Waals surface area contributed by atoms with Crippen LogP contribution in [0.2, 0.25) is 0 Å². The van der Waals surface area contributed by atoms with Gasteiger partial charge >= 0.3 is 0 Å². The smallest absolute Gasteiger partial charge is 0.234 e. The summed E-state index contributed by atoms with van der Waals surface area (Å²) in [6, 6.07) is 9.38. The van der Waals surface area contributed by atoms with Gasteiger partial charge in [0.25, 0.3) is 0 Å². The molecule has 1 aliphatic heterocycles. The van der Waals surface area contributed by atoms with Crippen LogP contribution in [0.25, 0.3) is 0 Å². The van der Waals surface area contributed by atoms with Gasteiger partial charge in [0.15, 0.2) is 0 Å². The zero-order chi connectivity index (χ0) is 19.5. The van der Waals surface area contributed by atoms with Gasteiger partial charge in [0.05, 0.1) is 25.2 Å². The van der Waals surface area contributed by atoms with Crippen LogP contribution in [-0.2, 0) is 4.79 Å². The molecule has 1 aromatic heterocycles. The Morgan fingerprint density at radius 1 is 1.29 bits per heavy atom. The van der Waals surface area contributed by atoms with E-state index in [1.54, 1.807) is 0 Å². The van der Waals surface area contributed by atoms with Gasteiger partial charge in [-0.2, -0.15) is 5.26 Å². The minimum atomic E-state index is -0.266. The fourth-order valence-corrected chi connectivity index (χ4v) is 3.27. The van der Waals surface area contributed by atoms with Crippen LogP contribution in [-0.4, -0.2) is 35.1 Å². The second kappa shape index (κ2) is 7.85. The monoisotopic (exact) mass is 377 g/mol. The molecule has 7 heteroatoms. The summed E-state index contributed by atoms with van der Waals surface area (Å²) >= 11 is 0. The van der Waals surface area contributed by atoms with Crippen LogP contribution in [0.1, 0.15) is 49.3 Å². The lowest BCUT2D eigenvalue weighted by atomic mass is 10.1. The summed E-state index contributed by atoms with van der Waals surface area (Å²) in [5, 5.41) is 11.4. The van der Waals surface area contributed by atoms with Crippen LogP contribution in [0.4, 0.5) is 5.95 Å². The van der Waals surface area contributed by atoms with E-state index in [-0.39, 0.29) is 24.5 Å². The standard InChI is InChI=1S/C21H23N5O2/c1-14(25-20(27)8-9-22)15-4-6-18(7-5-15)28-19-12-26(13-19)21-23-10-17(11-24-21)16-2-3-16/h4-7,10-11,14,16,19H,2-3,8,12-13H2,1H3,(H,25,27)/t14-/m0/s1. The van der Waals surface area contributed by atoms with E-state index in [9.17, 15) is 4.79 Å². The third kappa shape index (κ3) is 4.22. The third-order valence-corrected chi connectivity index (χ3v) is 5.14. The Morgan fingerprint density at radius 3 is 2.57 bits per heavy atom. The van der Waals surface area contributed by atoms with Crippen molar-refractivity contribution in [2.24, 2.45) is 0 Å². The molecule has 0 radical (unpaired) electrons. The first-order valence-electron chi connectivity index (χ1n) is 9.62. The number of hydrogen-bond acceptors (Lipinski definition) is 6. The molecule has 0 bridgehead atoms. The molecule has 144 valence electrons. The molecule has 4 rings (SSSR count). The van der Waals surface area contributed by atoms with Gasteiger partial charge in [-0.25, -0.2) is 9.97 Å². The van der Waals surface area contributed by atoms with Crippen molar-refractivity contribution in [2.75, 3.05) is 18.0 Å². The van der Waals surface area contributed by atoms with Crippen LogP contribution < -0.4 is 15.0 Å². The number of ether oxygens (including phenoxy) is 1. The summed E-state index contributed by atoms with van der Waals surface area (Å²) in [4.78, 5) is 22.6. The predicted octanol–water partition coefficient (Wildman–Crippen LogP) is 2.71. The Labute approximate surface area is 164 Å². The molecular weight excluding hydrogens is 354 g/mol. The van der Waals surface area contributed by atoms with Crippen LogP contribution in [0.5, 0.6) is 5.75 Å². The Morgan fingerprint density at radius 2 is 1.96 bits per heavy atom. The predicted molar refractivity (Wildman–Crippen MR) is 104 cm³/mol. The van der Waals surface area contributed by atoms with Gasteiger partial charge in [0.1, 0.15) is 18.3 Å². The lowest BCUT2D eigenvalue weighted by Gasteiger charge is -2.38. The molecule has 2 heterocycles. The number of carbonyl (C=O) groups excluding carboxylic acids is 1. The number of aromatic nitrogens is 2. The lowest BCUT2D eigenvalue weighted by molar-refractivity contribution is -0.120. The van der Waals surface area contributed by atoms with E-state index >= 15 is 0 Å². The molecule has 1 aromatic carbocycles. The number of nitriles is 1. The fraction of sp³-hybridized carbons (Fsp3) is 0.429. The van der Waals surface area contributed by atoms with Crippen LogP contribution in [0.15, 0.2) is 36.7 Å². The molecule has 2 aromatic rings. The van der Waals surface area contributed by atoms with E-state index in [2.05, 4.69) is 20.2 Å². The first kappa shape index (κ1) is 18.2. The molecule has 0 unspecified atom stereocenters. The van der Waals surface area contributed by atoms with Gasteiger partial charge in [-0.3, -0.25) is 4.79 Å². The first-order valence-corrected chi connectivity index (χ1v) is 9.62. The largest absolute Gasteiger partial charge is 0.487 e. The molecule has 1 saturated heterocycles. The minimum absolute atomic E-state index is 0.116. The number of nitrogens with zero attached hydrogens (tertiary/aromatic N) is 4. The van der Waals surface area contributed by atoms with Gasteiger partial charge in [0, 0.05) is 12.4 Å². The molecule has 2 aliphatic rings. The summed E-state index contributed by atoms with van der Waals surface area (Å²) in [6.45, 7) is 3.43. The van der Waals surface area contributed by atoms with Crippen molar-refractivity contribution < 1.29 is 9.53 Å². The SMILES string of the molecule is C[C@H](NC(=O)CC#N)c1ccc(OC2CN(c3ncc(C4CC4)cn3)C2)cc1. The number of carbonyl (C=O) groups is 1. The summed E-state index contributed by atoms with van der Waals surface area (Å²) in [7, 11) is 0. The number of anilines is 1. The van der Waals surface area contributed by atoms with E-state index < -0.39 is 0 Å². The fourth-order valence-electron chi connectivity index (χ4n) is 3.27. The van der Waals surface area contributed by atoms with E-state index in [0.717, 1.165) is 30.4 Å². The number of amides is 1. The summed E-state index contributed by atoms with van der Waals surface area (Å²) in [5.41, 5.74) is 2.22. The maximum Gasteiger partial charge on any atom is 0.234 e. The number of hydrogen-bond donors (Lipinski definition) is 1. The molecule has 1 atom stereocenters. The van der Waals surface area contributed by atoms with Crippen molar-refractivity contribution in [3.63, 3.8) is 0 Å². The third-order valence-electron chi connectivity index (χ3n) is 5.14. The summed E-state index contributed by atoms with van der Waals surface area (Å²) < 4.78 is 6.00. The lowest BCUT2D eigenvalue weighted by Crippen LogP contribution is -2.54. The highest BCUT2D eigenvalue weighted by Crippen LogP contribution is 2.39. The molecular formula is C21H23N5O2. The van der Waals surface area contributed by atoms with Gasteiger partial charge < -0.3 is 15.0 Å². The second-order valence-corrected chi connectivity index (χ2v) is 7.43. The van der Waals surface area contributed by atoms with Crippen molar-refractivity contribution in [3.05, 3.63) is 47.8 Å². The molecule has 1 saturated carbocycles. The molecule has 2 fully saturated rings. The van der Waals surface area contributed by atoms with E-state index in [0.29, 0.717) is 5.92 Å². The second-order valence-electron chi connectivity index (χ2n) is 7.43. The molecule has 1 N–H and O–H groups in total. The Hall–Kier alpha value is -3.14. The van der Waals surface area contributed by atoms with Crippen molar-refractivity contribution in [1.29, 1.82) is 5.26 Å². The minimum Gasteiger partial charge on any atom is -0.487 e. The molecule has 0 spiro atoms. The normalized spacial score (nSPS) is 17.4. The van der Waals surface area contributed by atoms with Gasteiger partial charge in [-0.1, -0.05) is 12.1 Å². The molecule has 28 heavy (non-hydrogen) atoms. The summed E-state index contributed by atoms with van der Waals surface area (Å²) in [5.74, 6) is 1.97. The van der Waals surface area contributed by atoms with Crippen molar-refractivity contribution in [3.8, 4) is 11.8 Å². The van der Waals surface area contributed by atoms with E-state index in [1.165, 1.54) is 18.4 Å². The van der Waals surface area contributed by atoms with Crippen LogP contribution in [0, 0.1) is 11.3 Å². The zero-order valence-corrected chi connectivity index (χ0v) is 15.8. The quantitative estimate of drug-likeness (QED) is 0.798. The topological polar surface area (TPSA) is 91.1 Å². The average molecular weight is 377 g/mol. The highest BCUT2D eigenvalue weighted by molar-refractivity contribution is 5.78. The Kier molecular flexibility index (Phi) is 5.11. The first-order chi connectivity index (χ1) is 13.6. The van der Waals surface area contributed by atoms with E-state index in [1.807, 2.05) is 49.7 Å². The maximum atomic E-state index is 11.5. The Bertz CT molecular complexity index is 865. The maximum absolute atomic E-state index is 11.5. The molecule has 1 aliphatic carbocycles. The zero-order valence-electron chi connectivity index (χ0n) is 15.8. The van der Waals surface area contributed by atoms with Gasteiger partial charge in [-0.15, -0.1) is 0 Å². The average Bonchev–Trinajstić information content (AvgIpc) is 3.50. The van der Waals surface area contributed by atoms with Gasteiger partial charge in [-0.05, 0) is 48.9 Å². The van der Waals surface area contributed by atoms with Crippen LogP contribution >= 0.6 is 0 Å². The highest BCUT2D eigenvalue weighted by Gasteiger charge is 2.31. The summed E-state index contributed by atoms with van der Waals surface area (Å²) in [6.07, 6.45) is 6.40. The molecule has 7 nitrogen and oxygen atoms in total. The van der Waals surface area contributed by atoms with Gasteiger partial charge in [0.2, 0.25) is 11.9 Å². The van der Waals surface area contributed by atoms with Crippen LogP contribution in [0.3, 0.4) is 0 Å². The van der Waals surface area contributed by atoms with Crippen molar-refractivity contribution >= 4 is 11.9 Å².